The van der Waals surface area contributed by atoms with Crippen molar-refractivity contribution in [3.8, 4) is 11.5 Å². The third-order valence-corrected chi connectivity index (χ3v) is 8.93. The maximum atomic E-state index is 5.60. The van der Waals surface area contributed by atoms with E-state index in [2.05, 4.69) is 158 Å². The molecular formula is C40H32O2. The summed E-state index contributed by atoms with van der Waals surface area (Å²) in [6, 6.07) is 57.1. The second-order valence-corrected chi connectivity index (χ2v) is 10.8. The summed E-state index contributed by atoms with van der Waals surface area (Å²) in [6.07, 6.45) is 0. The molecule has 7 rings (SSSR count). The van der Waals surface area contributed by atoms with Crippen LogP contribution in [0.3, 0.4) is 0 Å². The van der Waals surface area contributed by atoms with Crippen molar-refractivity contribution in [1.29, 1.82) is 0 Å². The zero-order valence-electron chi connectivity index (χ0n) is 23.8. The third kappa shape index (κ3) is 3.65. The highest BCUT2D eigenvalue weighted by atomic mass is 16.5. The van der Waals surface area contributed by atoms with Crippen molar-refractivity contribution in [3.63, 3.8) is 0 Å². The molecule has 0 heterocycles. The highest BCUT2D eigenvalue weighted by Gasteiger charge is 2.53. The Bertz CT molecular complexity index is 1680. The molecule has 1 aliphatic carbocycles. The van der Waals surface area contributed by atoms with Crippen molar-refractivity contribution in [2.24, 2.45) is 0 Å². The molecule has 6 aromatic carbocycles. The summed E-state index contributed by atoms with van der Waals surface area (Å²) < 4.78 is 11.2. The van der Waals surface area contributed by atoms with E-state index in [1.807, 2.05) is 0 Å². The third-order valence-electron chi connectivity index (χ3n) is 8.93. The average Bonchev–Trinajstić information content (AvgIpc) is 3.08. The molecule has 0 saturated heterocycles. The maximum absolute atomic E-state index is 5.60. The SMILES string of the molecule is COc1ccc(C2(c3ccc(OC)cc3)c3ccccc3C(c3ccccc3)(c3ccccc3)c3ccccc32)cc1. The Morgan fingerprint density at radius 2 is 0.571 bits per heavy atom. The molecule has 0 amide bonds. The van der Waals surface area contributed by atoms with Crippen LogP contribution in [0.4, 0.5) is 0 Å². The molecule has 2 heteroatoms. The lowest BCUT2D eigenvalue weighted by molar-refractivity contribution is 0.414. The lowest BCUT2D eigenvalue weighted by Gasteiger charge is -2.51. The number of hydrogen-bond donors (Lipinski definition) is 0. The number of fused-ring (bicyclic) bond motifs is 2. The predicted molar refractivity (Wildman–Crippen MR) is 170 cm³/mol. The Morgan fingerprint density at radius 3 is 0.857 bits per heavy atom. The van der Waals surface area contributed by atoms with Crippen LogP contribution in [0.5, 0.6) is 11.5 Å². The van der Waals surface area contributed by atoms with Gasteiger partial charge in [0.2, 0.25) is 0 Å². The van der Waals surface area contributed by atoms with Gasteiger partial charge in [-0.2, -0.15) is 0 Å². The summed E-state index contributed by atoms with van der Waals surface area (Å²) in [6.45, 7) is 0. The molecule has 0 saturated carbocycles. The number of rotatable bonds is 6. The van der Waals surface area contributed by atoms with E-state index in [1.165, 1.54) is 44.5 Å². The Labute approximate surface area is 247 Å². The molecule has 1 aliphatic rings. The second kappa shape index (κ2) is 10.4. The van der Waals surface area contributed by atoms with Gasteiger partial charge in [-0.05, 0) is 68.8 Å². The Kier molecular flexibility index (Phi) is 6.40. The fourth-order valence-corrected chi connectivity index (χ4v) is 7.20. The first-order valence-electron chi connectivity index (χ1n) is 14.3. The fraction of sp³-hybridized carbons (Fsp3) is 0.100. The molecule has 0 unspecified atom stereocenters. The Morgan fingerprint density at radius 1 is 0.310 bits per heavy atom. The first kappa shape index (κ1) is 25.9. The first-order valence-corrected chi connectivity index (χ1v) is 14.3. The second-order valence-electron chi connectivity index (χ2n) is 10.8. The molecule has 0 atom stereocenters. The van der Waals surface area contributed by atoms with Gasteiger partial charge in [0.15, 0.2) is 0 Å². The van der Waals surface area contributed by atoms with Crippen LogP contribution in [0.25, 0.3) is 0 Å². The van der Waals surface area contributed by atoms with E-state index in [0.29, 0.717) is 0 Å². The maximum Gasteiger partial charge on any atom is 0.118 e. The standard InChI is InChI=1S/C40H32O2/c1-41-33-25-21-31(22-26-33)40(32-23-27-34(42-2)28-24-32)37-19-11-9-17-35(37)39(29-13-5-3-6-14-29,30-15-7-4-8-16-30)36-18-10-12-20-38(36)40/h3-28H,1-2H3. The van der Waals surface area contributed by atoms with Gasteiger partial charge in [-0.25, -0.2) is 0 Å². The minimum atomic E-state index is -0.585. The summed E-state index contributed by atoms with van der Waals surface area (Å²) in [7, 11) is 3.43. The highest BCUT2D eigenvalue weighted by Crippen LogP contribution is 2.60. The van der Waals surface area contributed by atoms with Crippen LogP contribution in [0.2, 0.25) is 0 Å². The van der Waals surface area contributed by atoms with Gasteiger partial charge in [-0.3, -0.25) is 0 Å². The summed E-state index contributed by atoms with van der Waals surface area (Å²) in [5.74, 6) is 1.67. The van der Waals surface area contributed by atoms with Crippen molar-refractivity contribution in [2.45, 2.75) is 10.8 Å². The Hall–Kier alpha value is -5.08. The number of methoxy groups -OCH3 is 2. The molecule has 0 aromatic heterocycles. The van der Waals surface area contributed by atoms with Gasteiger partial charge in [-0.1, -0.05) is 133 Å². The van der Waals surface area contributed by atoms with E-state index >= 15 is 0 Å². The topological polar surface area (TPSA) is 18.5 Å². The molecule has 0 N–H and O–H groups in total. The van der Waals surface area contributed by atoms with Crippen LogP contribution < -0.4 is 9.47 Å². The summed E-state index contributed by atoms with van der Waals surface area (Å²) in [5.41, 5.74) is 8.81. The molecule has 2 nitrogen and oxygen atoms in total. The molecule has 0 fully saturated rings. The van der Waals surface area contributed by atoms with Crippen molar-refractivity contribution >= 4 is 0 Å². The van der Waals surface area contributed by atoms with Gasteiger partial charge >= 0.3 is 0 Å². The van der Waals surface area contributed by atoms with Gasteiger partial charge in [-0.15, -0.1) is 0 Å². The molecule has 0 radical (unpaired) electrons. The van der Waals surface area contributed by atoms with Gasteiger partial charge in [0.05, 0.1) is 25.0 Å². The molecule has 0 aliphatic heterocycles. The molecule has 0 spiro atoms. The normalized spacial score (nSPS) is 14.3. The van der Waals surface area contributed by atoms with Crippen molar-refractivity contribution in [3.05, 3.63) is 202 Å². The van der Waals surface area contributed by atoms with Crippen LogP contribution in [0, 0.1) is 0 Å². The highest BCUT2D eigenvalue weighted by molar-refractivity contribution is 5.75. The van der Waals surface area contributed by atoms with Gasteiger partial charge in [0.25, 0.3) is 0 Å². The average molecular weight is 545 g/mol. The smallest absolute Gasteiger partial charge is 0.118 e. The fourth-order valence-electron chi connectivity index (χ4n) is 7.20. The van der Waals surface area contributed by atoms with E-state index in [-0.39, 0.29) is 0 Å². The lowest BCUT2D eigenvalue weighted by atomic mass is 9.50. The van der Waals surface area contributed by atoms with Crippen molar-refractivity contribution in [1.82, 2.24) is 0 Å². The summed E-state index contributed by atoms with van der Waals surface area (Å²) in [5, 5.41) is 0. The number of benzene rings is 6. The van der Waals surface area contributed by atoms with Gasteiger partial charge in [0, 0.05) is 0 Å². The van der Waals surface area contributed by atoms with E-state index < -0.39 is 10.8 Å². The van der Waals surface area contributed by atoms with Crippen LogP contribution in [-0.2, 0) is 10.8 Å². The van der Waals surface area contributed by atoms with E-state index in [9.17, 15) is 0 Å². The quantitative estimate of drug-likeness (QED) is 0.208. The molecule has 204 valence electrons. The van der Waals surface area contributed by atoms with Gasteiger partial charge in [0.1, 0.15) is 11.5 Å². The minimum Gasteiger partial charge on any atom is -0.497 e. The monoisotopic (exact) mass is 544 g/mol. The molecular weight excluding hydrogens is 512 g/mol. The zero-order valence-corrected chi connectivity index (χ0v) is 23.8. The van der Waals surface area contributed by atoms with Crippen LogP contribution >= 0.6 is 0 Å². The van der Waals surface area contributed by atoms with Crippen LogP contribution in [-0.4, -0.2) is 14.2 Å². The predicted octanol–water partition coefficient (Wildman–Crippen LogP) is 8.78. The molecule has 42 heavy (non-hydrogen) atoms. The van der Waals surface area contributed by atoms with Crippen LogP contribution in [0.15, 0.2) is 158 Å². The molecule has 6 aromatic rings. The van der Waals surface area contributed by atoms with Crippen molar-refractivity contribution < 1.29 is 9.47 Å². The largest absolute Gasteiger partial charge is 0.497 e. The summed E-state index contributed by atoms with van der Waals surface area (Å²) in [4.78, 5) is 0. The summed E-state index contributed by atoms with van der Waals surface area (Å²) >= 11 is 0. The Balaban J connectivity index is 1.68. The minimum absolute atomic E-state index is 0.516. The van der Waals surface area contributed by atoms with E-state index in [4.69, 9.17) is 9.47 Å². The first-order chi connectivity index (χ1) is 20.7. The van der Waals surface area contributed by atoms with E-state index in [1.54, 1.807) is 14.2 Å². The zero-order chi connectivity index (χ0) is 28.6. The molecule has 0 bridgehead atoms. The van der Waals surface area contributed by atoms with Crippen LogP contribution in [0.1, 0.15) is 44.5 Å². The lowest BCUT2D eigenvalue weighted by Crippen LogP contribution is -2.45. The number of ether oxygens (including phenoxy) is 2. The van der Waals surface area contributed by atoms with Gasteiger partial charge < -0.3 is 9.47 Å². The van der Waals surface area contributed by atoms with E-state index in [0.717, 1.165) is 11.5 Å². The van der Waals surface area contributed by atoms with Crippen molar-refractivity contribution in [2.75, 3.05) is 14.2 Å². The number of hydrogen-bond acceptors (Lipinski definition) is 2.